The molecule has 1 aliphatic carbocycles. The van der Waals surface area contributed by atoms with Gasteiger partial charge in [0.1, 0.15) is 11.8 Å². The maximum absolute atomic E-state index is 5.81. The zero-order valence-corrected chi connectivity index (χ0v) is 10.7. The molecule has 1 aliphatic rings. The zero-order chi connectivity index (χ0) is 13.2. The van der Waals surface area contributed by atoms with E-state index in [4.69, 9.17) is 11.5 Å². The van der Waals surface area contributed by atoms with Gasteiger partial charge in [-0.25, -0.2) is 15.0 Å². The molecule has 3 rings (SSSR count). The number of nitrogen functional groups attached to an aromatic ring is 1. The number of rotatable bonds is 3. The number of imidazole rings is 1. The molecule has 0 unspecified atom stereocenters. The summed E-state index contributed by atoms with van der Waals surface area (Å²) in [5.41, 5.74) is 12.8. The van der Waals surface area contributed by atoms with Crippen LogP contribution in [0, 0.1) is 5.92 Å². The van der Waals surface area contributed by atoms with E-state index >= 15 is 0 Å². The molecule has 4 N–H and O–H groups in total. The molecule has 0 saturated heterocycles. The maximum atomic E-state index is 5.81. The number of aromatic nitrogens is 4. The number of allylic oxidation sites excluding steroid dienone is 1. The molecule has 2 aromatic heterocycles. The standard InChI is InChI=1S/C13H18N6/c14-5-1-2-9-3-4-10(6-9)19-8-18-11-12(15)16-7-17-13(11)19/h1-2,7-10H,3-6,14H2,(H2,15,16,17)/b2-1+/t9-,10+/m1/s1. The van der Waals surface area contributed by atoms with Gasteiger partial charge in [-0.3, -0.25) is 0 Å². The van der Waals surface area contributed by atoms with Crippen LogP contribution in [-0.2, 0) is 0 Å². The second-order valence-corrected chi connectivity index (χ2v) is 4.97. The van der Waals surface area contributed by atoms with E-state index in [-0.39, 0.29) is 0 Å². The Kier molecular flexibility index (Phi) is 3.16. The molecule has 6 heteroatoms. The van der Waals surface area contributed by atoms with E-state index < -0.39 is 0 Å². The van der Waals surface area contributed by atoms with Gasteiger partial charge in [0, 0.05) is 12.6 Å². The number of hydrogen-bond donors (Lipinski definition) is 2. The summed E-state index contributed by atoms with van der Waals surface area (Å²) in [5.74, 6) is 1.05. The van der Waals surface area contributed by atoms with Crippen LogP contribution in [-0.4, -0.2) is 26.1 Å². The van der Waals surface area contributed by atoms with Crippen molar-refractivity contribution in [1.82, 2.24) is 19.5 Å². The van der Waals surface area contributed by atoms with Crippen LogP contribution < -0.4 is 11.5 Å². The van der Waals surface area contributed by atoms with Crippen LogP contribution in [0.1, 0.15) is 25.3 Å². The SMILES string of the molecule is NC/C=C/[C@@H]1CC[C@H](n2cnc3c(N)ncnc32)C1. The van der Waals surface area contributed by atoms with Gasteiger partial charge in [0.05, 0.1) is 6.33 Å². The van der Waals surface area contributed by atoms with Crippen LogP contribution in [0.25, 0.3) is 11.2 Å². The van der Waals surface area contributed by atoms with Gasteiger partial charge in [0.25, 0.3) is 0 Å². The number of nitrogens with zero attached hydrogens (tertiary/aromatic N) is 4. The number of hydrogen-bond acceptors (Lipinski definition) is 5. The molecule has 0 radical (unpaired) electrons. The summed E-state index contributed by atoms with van der Waals surface area (Å²) < 4.78 is 2.13. The highest BCUT2D eigenvalue weighted by Gasteiger charge is 2.25. The molecule has 1 saturated carbocycles. The third kappa shape index (κ3) is 2.19. The van der Waals surface area contributed by atoms with Crippen molar-refractivity contribution >= 4 is 17.0 Å². The molecular weight excluding hydrogens is 240 g/mol. The number of anilines is 1. The van der Waals surface area contributed by atoms with Crippen molar-refractivity contribution < 1.29 is 0 Å². The third-order valence-electron chi connectivity index (χ3n) is 3.77. The fourth-order valence-electron chi connectivity index (χ4n) is 2.83. The summed E-state index contributed by atoms with van der Waals surface area (Å²) in [7, 11) is 0. The summed E-state index contributed by atoms with van der Waals surface area (Å²) in [4.78, 5) is 12.6. The first-order chi connectivity index (χ1) is 9.29. The van der Waals surface area contributed by atoms with Gasteiger partial charge in [-0.2, -0.15) is 0 Å². The van der Waals surface area contributed by atoms with Crippen molar-refractivity contribution in [2.24, 2.45) is 11.7 Å². The average Bonchev–Trinajstić information content (AvgIpc) is 3.02. The number of nitrogens with two attached hydrogens (primary N) is 2. The molecule has 1 fully saturated rings. The van der Waals surface area contributed by atoms with Crippen LogP contribution in [0.15, 0.2) is 24.8 Å². The highest BCUT2D eigenvalue weighted by molar-refractivity contribution is 5.81. The topological polar surface area (TPSA) is 95.6 Å². The minimum absolute atomic E-state index is 0.437. The van der Waals surface area contributed by atoms with E-state index in [1.54, 1.807) is 0 Å². The van der Waals surface area contributed by atoms with Crippen molar-refractivity contribution in [3.8, 4) is 0 Å². The summed E-state index contributed by atoms with van der Waals surface area (Å²) in [6.45, 7) is 0.610. The molecule has 2 heterocycles. The van der Waals surface area contributed by atoms with Gasteiger partial charge in [-0.15, -0.1) is 0 Å². The lowest BCUT2D eigenvalue weighted by Gasteiger charge is -2.12. The number of fused-ring (bicyclic) bond motifs is 1. The Morgan fingerprint density at radius 3 is 3.05 bits per heavy atom. The molecule has 19 heavy (non-hydrogen) atoms. The van der Waals surface area contributed by atoms with Gasteiger partial charge in [-0.05, 0) is 25.2 Å². The van der Waals surface area contributed by atoms with E-state index in [0.717, 1.165) is 18.5 Å². The molecule has 2 atom stereocenters. The molecular formula is C13H18N6. The van der Waals surface area contributed by atoms with Gasteiger partial charge >= 0.3 is 0 Å². The lowest BCUT2D eigenvalue weighted by atomic mass is 10.1. The van der Waals surface area contributed by atoms with Crippen molar-refractivity contribution in [2.45, 2.75) is 25.3 Å². The second-order valence-electron chi connectivity index (χ2n) is 4.97. The molecule has 100 valence electrons. The fraction of sp³-hybridized carbons (Fsp3) is 0.462. The lowest BCUT2D eigenvalue weighted by molar-refractivity contribution is 0.515. The average molecular weight is 258 g/mol. The minimum atomic E-state index is 0.437. The minimum Gasteiger partial charge on any atom is -0.382 e. The molecule has 0 spiro atoms. The molecule has 0 aromatic carbocycles. The predicted molar refractivity (Wildman–Crippen MR) is 74.3 cm³/mol. The van der Waals surface area contributed by atoms with Gasteiger partial charge in [0.2, 0.25) is 0 Å². The van der Waals surface area contributed by atoms with Crippen LogP contribution in [0.5, 0.6) is 0 Å². The van der Waals surface area contributed by atoms with Crippen LogP contribution in [0.4, 0.5) is 5.82 Å². The maximum Gasteiger partial charge on any atom is 0.165 e. The van der Waals surface area contributed by atoms with Crippen molar-refractivity contribution in [3.63, 3.8) is 0 Å². The molecule has 0 bridgehead atoms. The summed E-state index contributed by atoms with van der Waals surface area (Å²) >= 11 is 0. The van der Waals surface area contributed by atoms with E-state index in [1.165, 1.54) is 12.7 Å². The summed E-state index contributed by atoms with van der Waals surface area (Å²) in [6, 6.07) is 0.437. The second kappa shape index (κ2) is 4.97. The van der Waals surface area contributed by atoms with E-state index in [0.29, 0.717) is 29.8 Å². The molecule has 6 nitrogen and oxygen atoms in total. The Morgan fingerprint density at radius 2 is 2.21 bits per heavy atom. The summed E-state index contributed by atoms with van der Waals surface area (Å²) in [6.07, 6.45) is 11.0. The van der Waals surface area contributed by atoms with Crippen molar-refractivity contribution in [1.29, 1.82) is 0 Å². The summed E-state index contributed by atoms with van der Waals surface area (Å²) in [5, 5.41) is 0. The monoisotopic (exact) mass is 258 g/mol. The van der Waals surface area contributed by atoms with Crippen molar-refractivity contribution in [3.05, 3.63) is 24.8 Å². The van der Waals surface area contributed by atoms with Crippen molar-refractivity contribution in [2.75, 3.05) is 12.3 Å². The molecule has 0 aliphatic heterocycles. The normalized spacial score (nSPS) is 23.6. The Balaban J connectivity index is 1.86. The lowest BCUT2D eigenvalue weighted by Crippen LogP contribution is -2.05. The van der Waals surface area contributed by atoms with E-state index in [9.17, 15) is 0 Å². The Labute approximate surface area is 111 Å². The highest BCUT2D eigenvalue weighted by Crippen LogP contribution is 2.36. The van der Waals surface area contributed by atoms with E-state index in [2.05, 4.69) is 25.6 Å². The molecule has 2 aromatic rings. The quantitative estimate of drug-likeness (QED) is 0.808. The van der Waals surface area contributed by atoms with Gasteiger partial charge < -0.3 is 16.0 Å². The first-order valence-corrected chi connectivity index (χ1v) is 6.59. The third-order valence-corrected chi connectivity index (χ3v) is 3.77. The first kappa shape index (κ1) is 12.1. The van der Waals surface area contributed by atoms with Crippen LogP contribution in [0.3, 0.4) is 0 Å². The largest absolute Gasteiger partial charge is 0.382 e. The Hall–Kier alpha value is -1.95. The fourth-order valence-corrected chi connectivity index (χ4v) is 2.83. The smallest absolute Gasteiger partial charge is 0.165 e. The predicted octanol–water partition coefficient (Wildman–Crippen LogP) is 1.26. The highest BCUT2D eigenvalue weighted by atomic mass is 15.1. The first-order valence-electron chi connectivity index (χ1n) is 6.59. The Morgan fingerprint density at radius 1 is 1.32 bits per heavy atom. The van der Waals surface area contributed by atoms with Gasteiger partial charge in [0.15, 0.2) is 11.5 Å². The van der Waals surface area contributed by atoms with Crippen LogP contribution in [0.2, 0.25) is 0 Å². The van der Waals surface area contributed by atoms with Gasteiger partial charge in [-0.1, -0.05) is 12.2 Å². The molecule has 0 amide bonds. The zero-order valence-electron chi connectivity index (χ0n) is 10.7. The Bertz CT molecular complexity index is 602. The van der Waals surface area contributed by atoms with E-state index in [1.807, 2.05) is 12.4 Å². The van der Waals surface area contributed by atoms with Crippen LogP contribution >= 0.6 is 0 Å².